The molecule has 1 fully saturated rings. The fraction of sp³-hybridized carbons (Fsp3) is 0.385. The molecule has 0 saturated heterocycles. The summed E-state index contributed by atoms with van der Waals surface area (Å²) in [4.78, 5) is 0. The van der Waals surface area contributed by atoms with Gasteiger partial charge in [-0.3, -0.25) is 0 Å². The number of phenols is 1. The van der Waals surface area contributed by atoms with Crippen molar-refractivity contribution in [1.82, 2.24) is 14.8 Å². The van der Waals surface area contributed by atoms with Crippen LogP contribution in [0, 0.1) is 0 Å². The van der Waals surface area contributed by atoms with Gasteiger partial charge < -0.3 is 15.4 Å². The van der Waals surface area contributed by atoms with Crippen LogP contribution in [-0.4, -0.2) is 19.9 Å². The second-order valence-corrected chi connectivity index (χ2v) is 5.60. The number of phenolic OH excluding ortho intramolecular Hbond substituents is 1. The molecule has 6 heteroatoms. The predicted octanol–water partition coefficient (Wildman–Crippen LogP) is 2.07. The van der Waals surface area contributed by atoms with Crippen LogP contribution in [-0.2, 0) is 12.3 Å². The first kappa shape index (κ1) is 12.5. The second-order valence-electron chi connectivity index (χ2n) is 4.66. The third kappa shape index (κ3) is 2.74. The summed E-state index contributed by atoms with van der Waals surface area (Å²) in [5.41, 5.74) is 6.85. The Morgan fingerprint density at radius 3 is 2.63 bits per heavy atom. The van der Waals surface area contributed by atoms with E-state index in [1.807, 2.05) is 12.1 Å². The van der Waals surface area contributed by atoms with E-state index in [-0.39, 0.29) is 0 Å². The van der Waals surface area contributed by atoms with Crippen molar-refractivity contribution in [3.63, 3.8) is 0 Å². The summed E-state index contributed by atoms with van der Waals surface area (Å²) in [7, 11) is 0. The molecule has 1 aliphatic carbocycles. The van der Waals surface area contributed by atoms with Crippen molar-refractivity contribution in [1.29, 1.82) is 0 Å². The Labute approximate surface area is 115 Å². The predicted molar refractivity (Wildman–Crippen MR) is 73.9 cm³/mol. The lowest BCUT2D eigenvalue weighted by Crippen LogP contribution is -2.08. The van der Waals surface area contributed by atoms with E-state index in [2.05, 4.69) is 14.8 Å². The van der Waals surface area contributed by atoms with Crippen molar-refractivity contribution in [3.8, 4) is 5.75 Å². The second kappa shape index (κ2) is 5.22. The first-order valence-corrected chi connectivity index (χ1v) is 7.31. The number of aromatic nitrogens is 3. The molecule has 1 aliphatic rings. The summed E-state index contributed by atoms with van der Waals surface area (Å²) in [5.74, 6) is 1.98. The lowest BCUT2D eigenvalue weighted by atomic mass is 10.2. The Kier molecular flexibility index (Phi) is 3.44. The summed E-state index contributed by atoms with van der Waals surface area (Å²) < 4.78 is 2.17. The molecule has 0 aliphatic heterocycles. The van der Waals surface area contributed by atoms with Gasteiger partial charge in [-0.05, 0) is 30.5 Å². The van der Waals surface area contributed by atoms with Crippen LogP contribution in [0.15, 0.2) is 29.4 Å². The average Bonchev–Trinajstić information content (AvgIpc) is 3.18. The molecule has 5 nitrogen and oxygen atoms in total. The van der Waals surface area contributed by atoms with E-state index >= 15 is 0 Å². The summed E-state index contributed by atoms with van der Waals surface area (Å²) in [5, 5.41) is 18.6. The Morgan fingerprint density at radius 1 is 1.26 bits per heavy atom. The highest BCUT2D eigenvalue weighted by molar-refractivity contribution is 7.98. The number of nitrogens with two attached hydrogens (primary N) is 1. The third-order valence-electron chi connectivity index (χ3n) is 3.13. The van der Waals surface area contributed by atoms with Crippen molar-refractivity contribution in [2.75, 3.05) is 0 Å². The van der Waals surface area contributed by atoms with Crippen LogP contribution < -0.4 is 5.73 Å². The molecule has 0 bridgehead atoms. The standard InChI is InChI=1S/C13H16N4OS/c14-7-12-15-16-13(17(12)10-3-4-10)19-8-9-1-5-11(18)6-2-9/h1-2,5-6,10,18H,3-4,7-8,14H2. The maximum Gasteiger partial charge on any atom is 0.191 e. The van der Waals surface area contributed by atoms with Crippen LogP contribution in [0.4, 0.5) is 0 Å². The van der Waals surface area contributed by atoms with Crippen molar-refractivity contribution < 1.29 is 5.11 Å². The quantitative estimate of drug-likeness (QED) is 0.817. The number of thioether (sulfide) groups is 1. The molecule has 1 saturated carbocycles. The van der Waals surface area contributed by atoms with E-state index < -0.39 is 0 Å². The first-order chi connectivity index (χ1) is 9.28. The molecule has 0 spiro atoms. The molecule has 0 amide bonds. The summed E-state index contributed by atoms with van der Waals surface area (Å²) in [6.45, 7) is 0.434. The van der Waals surface area contributed by atoms with E-state index in [4.69, 9.17) is 5.73 Å². The van der Waals surface area contributed by atoms with E-state index in [0.29, 0.717) is 18.3 Å². The Morgan fingerprint density at radius 2 is 2.00 bits per heavy atom. The normalized spacial score (nSPS) is 14.8. The van der Waals surface area contributed by atoms with Gasteiger partial charge in [0.05, 0.1) is 6.54 Å². The van der Waals surface area contributed by atoms with E-state index in [1.54, 1.807) is 23.9 Å². The molecular formula is C13H16N4OS. The van der Waals surface area contributed by atoms with Gasteiger partial charge in [-0.25, -0.2) is 0 Å². The Bertz CT molecular complexity index is 563. The number of nitrogens with zero attached hydrogens (tertiary/aromatic N) is 3. The largest absolute Gasteiger partial charge is 0.508 e. The van der Waals surface area contributed by atoms with Crippen LogP contribution in [0.25, 0.3) is 0 Å². The number of hydrogen-bond acceptors (Lipinski definition) is 5. The van der Waals surface area contributed by atoms with Crippen LogP contribution in [0.3, 0.4) is 0 Å². The minimum absolute atomic E-state index is 0.292. The van der Waals surface area contributed by atoms with Gasteiger partial charge in [0.1, 0.15) is 11.6 Å². The van der Waals surface area contributed by atoms with Gasteiger partial charge in [-0.15, -0.1) is 10.2 Å². The average molecular weight is 276 g/mol. The van der Waals surface area contributed by atoms with Crippen molar-refractivity contribution in [3.05, 3.63) is 35.7 Å². The molecule has 1 heterocycles. The Hall–Kier alpha value is -1.53. The molecule has 0 unspecified atom stereocenters. The molecule has 3 N–H and O–H groups in total. The number of hydrogen-bond donors (Lipinski definition) is 2. The van der Waals surface area contributed by atoms with Gasteiger partial charge in [-0.2, -0.15) is 0 Å². The number of rotatable bonds is 5. The zero-order valence-electron chi connectivity index (χ0n) is 10.5. The summed E-state index contributed by atoms with van der Waals surface area (Å²) >= 11 is 1.66. The summed E-state index contributed by atoms with van der Waals surface area (Å²) in [6, 6.07) is 7.78. The zero-order valence-corrected chi connectivity index (χ0v) is 11.3. The molecule has 100 valence electrons. The van der Waals surface area contributed by atoms with Crippen LogP contribution >= 0.6 is 11.8 Å². The number of benzene rings is 1. The van der Waals surface area contributed by atoms with Crippen LogP contribution in [0.1, 0.15) is 30.3 Å². The minimum atomic E-state index is 0.292. The van der Waals surface area contributed by atoms with Gasteiger partial charge in [0.15, 0.2) is 5.16 Å². The fourth-order valence-electron chi connectivity index (χ4n) is 1.98. The Balaban J connectivity index is 1.73. The molecule has 0 radical (unpaired) electrons. The zero-order chi connectivity index (χ0) is 13.2. The highest BCUT2D eigenvalue weighted by atomic mass is 32.2. The molecule has 2 aromatic rings. The van der Waals surface area contributed by atoms with Gasteiger partial charge in [0, 0.05) is 11.8 Å². The highest BCUT2D eigenvalue weighted by Gasteiger charge is 2.29. The van der Waals surface area contributed by atoms with E-state index in [0.717, 1.165) is 22.3 Å². The molecule has 1 aromatic heterocycles. The molecular weight excluding hydrogens is 260 g/mol. The molecule has 0 atom stereocenters. The molecule has 19 heavy (non-hydrogen) atoms. The maximum atomic E-state index is 9.26. The maximum absolute atomic E-state index is 9.26. The lowest BCUT2D eigenvalue weighted by Gasteiger charge is -2.07. The highest BCUT2D eigenvalue weighted by Crippen LogP contribution is 2.39. The van der Waals surface area contributed by atoms with E-state index in [9.17, 15) is 5.11 Å². The van der Waals surface area contributed by atoms with Crippen molar-refractivity contribution >= 4 is 11.8 Å². The topological polar surface area (TPSA) is 77.0 Å². The van der Waals surface area contributed by atoms with E-state index in [1.165, 1.54) is 12.8 Å². The van der Waals surface area contributed by atoms with Gasteiger partial charge in [-0.1, -0.05) is 23.9 Å². The fourth-order valence-corrected chi connectivity index (χ4v) is 2.96. The van der Waals surface area contributed by atoms with Gasteiger partial charge in [0.25, 0.3) is 0 Å². The van der Waals surface area contributed by atoms with Crippen molar-refractivity contribution in [2.45, 2.75) is 36.3 Å². The van der Waals surface area contributed by atoms with Crippen LogP contribution in [0.5, 0.6) is 5.75 Å². The van der Waals surface area contributed by atoms with Gasteiger partial charge in [0.2, 0.25) is 0 Å². The SMILES string of the molecule is NCc1nnc(SCc2ccc(O)cc2)n1C1CC1. The lowest BCUT2D eigenvalue weighted by molar-refractivity contribution is 0.475. The minimum Gasteiger partial charge on any atom is -0.508 e. The first-order valence-electron chi connectivity index (χ1n) is 6.32. The summed E-state index contributed by atoms with van der Waals surface area (Å²) in [6.07, 6.45) is 2.38. The smallest absolute Gasteiger partial charge is 0.191 e. The molecule has 3 rings (SSSR count). The molecule has 1 aromatic carbocycles. The number of aromatic hydroxyl groups is 1. The monoisotopic (exact) mass is 276 g/mol. The third-order valence-corrected chi connectivity index (χ3v) is 4.15. The van der Waals surface area contributed by atoms with Crippen molar-refractivity contribution in [2.24, 2.45) is 5.73 Å². The van der Waals surface area contributed by atoms with Gasteiger partial charge >= 0.3 is 0 Å². The van der Waals surface area contributed by atoms with Crippen LogP contribution in [0.2, 0.25) is 0 Å².